The Labute approximate surface area is 137 Å². The van der Waals surface area contributed by atoms with Crippen LogP contribution in [0.15, 0.2) is 6.20 Å². The highest BCUT2D eigenvalue weighted by Crippen LogP contribution is 2.24. The van der Waals surface area contributed by atoms with Gasteiger partial charge in [0.2, 0.25) is 5.91 Å². The van der Waals surface area contributed by atoms with Gasteiger partial charge in [0.25, 0.3) is 0 Å². The minimum atomic E-state index is -0.361. The Balaban J connectivity index is 1.79. The van der Waals surface area contributed by atoms with E-state index in [1.54, 1.807) is 6.20 Å². The molecule has 1 amide bonds. The van der Waals surface area contributed by atoms with Crippen LogP contribution in [0, 0.1) is 12.1 Å². The lowest BCUT2D eigenvalue weighted by atomic mass is 9.99. The Bertz CT molecular complexity index is 557. The van der Waals surface area contributed by atoms with Gasteiger partial charge in [0.15, 0.2) is 5.82 Å². The second-order valence-corrected chi connectivity index (χ2v) is 6.71. The van der Waals surface area contributed by atoms with E-state index in [1.165, 1.54) is 0 Å². The van der Waals surface area contributed by atoms with E-state index in [0.29, 0.717) is 12.4 Å². The monoisotopic (exact) mass is 317 g/mol. The molecule has 3 heterocycles. The van der Waals surface area contributed by atoms with Gasteiger partial charge in [-0.3, -0.25) is 4.79 Å². The van der Waals surface area contributed by atoms with Crippen molar-refractivity contribution in [3.63, 3.8) is 0 Å². The van der Waals surface area contributed by atoms with Crippen molar-refractivity contribution in [3.05, 3.63) is 12.4 Å². The molecule has 7 heteroatoms. The Morgan fingerprint density at radius 1 is 1.30 bits per heavy atom. The topological polar surface area (TPSA) is 78.6 Å². The Morgan fingerprint density at radius 2 is 2.04 bits per heavy atom. The van der Waals surface area contributed by atoms with Crippen LogP contribution >= 0.6 is 0 Å². The molecule has 2 aliphatic heterocycles. The van der Waals surface area contributed by atoms with Crippen molar-refractivity contribution in [1.82, 2.24) is 14.9 Å². The highest BCUT2D eigenvalue weighted by atomic mass is 16.1. The van der Waals surface area contributed by atoms with Gasteiger partial charge in [-0.2, -0.15) is 0 Å². The molecule has 1 aromatic heterocycles. The zero-order chi connectivity index (χ0) is 16.4. The van der Waals surface area contributed by atoms with Gasteiger partial charge in [-0.25, -0.2) is 9.97 Å². The summed E-state index contributed by atoms with van der Waals surface area (Å²) >= 11 is 0. The van der Waals surface area contributed by atoms with Crippen molar-refractivity contribution in [1.29, 1.82) is 0 Å². The maximum absolute atomic E-state index is 11.8. The third-order valence-corrected chi connectivity index (χ3v) is 4.85. The number of anilines is 2. The van der Waals surface area contributed by atoms with Crippen LogP contribution < -0.4 is 15.5 Å². The van der Waals surface area contributed by atoms with Crippen molar-refractivity contribution in [3.8, 4) is 0 Å². The Morgan fingerprint density at radius 3 is 2.74 bits per heavy atom. The first kappa shape index (κ1) is 16.0. The minimum Gasteiger partial charge on any atom is -0.368 e. The molecule has 1 radical (unpaired) electrons. The molecule has 2 saturated heterocycles. The largest absolute Gasteiger partial charge is 0.368 e. The fraction of sp³-hybridized carbons (Fsp3) is 0.688. The zero-order valence-corrected chi connectivity index (χ0v) is 13.9. The van der Waals surface area contributed by atoms with Crippen molar-refractivity contribution < 1.29 is 4.79 Å². The van der Waals surface area contributed by atoms with Crippen LogP contribution in [0.25, 0.3) is 0 Å². The molecular weight excluding hydrogens is 292 g/mol. The molecule has 0 aliphatic carbocycles. The molecule has 0 bridgehead atoms. The summed E-state index contributed by atoms with van der Waals surface area (Å²) < 4.78 is 0. The first-order valence-electron chi connectivity index (χ1n) is 8.29. The second-order valence-electron chi connectivity index (χ2n) is 6.71. The molecule has 125 valence electrons. The van der Waals surface area contributed by atoms with Crippen LogP contribution in [-0.2, 0) is 4.79 Å². The fourth-order valence-corrected chi connectivity index (χ4v) is 3.25. The number of carbonyl (C=O) groups excluding carboxylic acids is 1. The Hall–Kier alpha value is -1.89. The van der Waals surface area contributed by atoms with Gasteiger partial charge in [0.05, 0.1) is 6.20 Å². The van der Waals surface area contributed by atoms with Gasteiger partial charge in [-0.15, -0.1) is 0 Å². The van der Waals surface area contributed by atoms with Gasteiger partial charge in [0, 0.05) is 32.7 Å². The highest BCUT2D eigenvalue weighted by Gasteiger charge is 2.31. The highest BCUT2D eigenvalue weighted by molar-refractivity contribution is 5.83. The lowest BCUT2D eigenvalue weighted by molar-refractivity contribution is -0.120. The SMILES string of the molecule is CC1CCN(c2[c]ncc(N3CCN(C)CC3C(N)=O)n2)CC1. The zero-order valence-electron chi connectivity index (χ0n) is 13.9. The van der Waals surface area contributed by atoms with Crippen molar-refractivity contribution in [2.24, 2.45) is 11.7 Å². The van der Waals surface area contributed by atoms with Crippen molar-refractivity contribution in [2.45, 2.75) is 25.8 Å². The predicted octanol–water partition coefficient (Wildman–Crippen LogP) is 0.119. The van der Waals surface area contributed by atoms with Crippen LogP contribution in [-0.4, -0.2) is 66.6 Å². The van der Waals surface area contributed by atoms with E-state index >= 15 is 0 Å². The minimum absolute atomic E-state index is 0.320. The molecule has 7 nitrogen and oxygen atoms in total. The molecule has 23 heavy (non-hydrogen) atoms. The summed E-state index contributed by atoms with van der Waals surface area (Å²) in [6, 6.07) is -0.361. The van der Waals surface area contributed by atoms with Crippen LogP contribution in [0.4, 0.5) is 11.6 Å². The van der Waals surface area contributed by atoms with Crippen LogP contribution in [0.2, 0.25) is 0 Å². The molecule has 1 aromatic rings. The number of hydrogen-bond donors (Lipinski definition) is 1. The van der Waals surface area contributed by atoms with E-state index < -0.39 is 0 Å². The second kappa shape index (κ2) is 6.70. The summed E-state index contributed by atoms with van der Waals surface area (Å²) in [4.78, 5) is 27.0. The number of piperazine rings is 1. The van der Waals surface area contributed by atoms with Gasteiger partial charge < -0.3 is 20.4 Å². The lowest BCUT2D eigenvalue weighted by Crippen LogP contribution is -2.57. The molecule has 2 aliphatic rings. The number of aromatic nitrogens is 2. The Kier molecular flexibility index (Phi) is 4.66. The maximum atomic E-state index is 11.8. The number of piperidine rings is 1. The average molecular weight is 317 g/mol. The first-order chi connectivity index (χ1) is 11.0. The molecule has 0 aromatic carbocycles. The number of likely N-dealkylation sites (N-methyl/N-ethyl adjacent to an activating group) is 1. The van der Waals surface area contributed by atoms with Crippen molar-refractivity contribution >= 4 is 17.5 Å². The van der Waals surface area contributed by atoms with E-state index in [0.717, 1.165) is 50.8 Å². The number of nitrogens with two attached hydrogens (primary N) is 1. The van der Waals surface area contributed by atoms with E-state index in [4.69, 9.17) is 10.7 Å². The van der Waals surface area contributed by atoms with Crippen LogP contribution in [0.5, 0.6) is 0 Å². The van der Waals surface area contributed by atoms with E-state index in [2.05, 4.69) is 27.9 Å². The fourth-order valence-electron chi connectivity index (χ4n) is 3.25. The summed E-state index contributed by atoms with van der Waals surface area (Å²) in [7, 11) is 2.00. The number of hydrogen-bond acceptors (Lipinski definition) is 6. The van der Waals surface area contributed by atoms with E-state index in [-0.39, 0.29) is 11.9 Å². The molecule has 0 spiro atoms. The third-order valence-electron chi connectivity index (χ3n) is 4.85. The molecule has 0 saturated carbocycles. The maximum Gasteiger partial charge on any atom is 0.241 e. The third kappa shape index (κ3) is 3.55. The summed E-state index contributed by atoms with van der Waals surface area (Å²) in [5.74, 6) is 1.93. The van der Waals surface area contributed by atoms with Gasteiger partial charge in [-0.05, 0) is 25.8 Å². The number of nitrogens with zero attached hydrogens (tertiary/aromatic N) is 5. The van der Waals surface area contributed by atoms with Gasteiger partial charge in [-0.1, -0.05) is 6.92 Å². The molecular formula is C16H25N6O. The number of primary amides is 1. The summed E-state index contributed by atoms with van der Waals surface area (Å²) in [5, 5.41) is 0. The van der Waals surface area contributed by atoms with Gasteiger partial charge >= 0.3 is 0 Å². The number of rotatable bonds is 3. The number of amides is 1. The van der Waals surface area contributed by atoms with E-state index in [9.17, 15) is 4.79 Å². The van der Waals surface area contributed by atoms with Crippen LogP contribution in [0.3, 0.4) is 0 Å². The number of carbonyl (C=O) groups is 1. The molecule has 1 atom stereocenters. The quantitative estimate of drug-likeness (QED) is 0.853. The molecule has 2 fully saturated rings. The summed E-state index contributed by atoms with van der Waals surface area (Å²) in [6.45, 7) is 6.46. The van der Waals surface area contributed by atoms with Gasteiger partial charge in [0.1, 0.15) is 18.1 Å². The summed E-state index contributed by atoms with van der Waals surface area (Å²) in [6.07, 6.45) is 7.00. The average Bonchev–Trinajstić information content (AvgIpc) is 2.55. The van der Waals surface area contributed by atoms with E-state index in [1.807, 2.05) is 11.9 Å². The molecule has 2 N–H and O–H groups in total. The predicted molar refractivity (Wildman–Crippen MR) is 89.3 cm³/mol. The smallest absolute Gasteiger partial charge is 0.241 e. The molecule has 1 unspecified atom stereocenters. The normalized spacial score (nSPS) is 24.0. The van der Waals surface area contributed by atoms with Crippen LogP contribution in [0.1, 0.15) is 19.8 Å². The lowest BCUT2D eigenvalue weighted by Gasteiger charge is -2.39. The summed E-state index contributed by atoms with van der Waals surface area (Å²) in [5.41, 5.74) is 5.58. The first-order valence-corrected chi connectivity index (χ1v) is 8.29. The molecule has 3 rings (SSSR count). The standard InChI is InChI=1S/C16H25N6O/c1-12-3-5-21(6-4-12)14-9-18-10-15(19-14)22-8-7-20(2)11-13(22)16(17)23/h10,12-13H,3-8,11H2,1-2H3,(H2,17,23). The van der Waals surface area contributed by atoms with Crippen molar-refractivity contribution in [2.75, 3.05) is 49.6 Å².